The van der Waals surface area contributed by atoms with Crippen LogP contribution in [0.5, 0.6) is 0 Å². The lowest BCUT2D eigenvalue weighted by Gasteiger charge is -2.35. The SMILES string of the molecule is CCCS(=O)(=O)N1CCN(C(=O)C(N)CCCOC)CC1. The van der Waals surface area contributed by atoms with Crippen LogP contribution in [0.25, 0.3) is 0 Å². The van der Waals surface area contributed by atoms with Gasteiger partial charge in [0.2, 0.25) is 15.9 Å². The smallest absolute Gasteiger partial charge is 0.239 e. The zero-order chi connectivity index (χ0) is 15.9. The molecule has 1 amide bonds. The van der Waals surface area contributed by atoms with E-state index in [9.17, 15) is 13.2 Å². The average Bonchev–Trinajstić information content (AvgIpc) is 2.46. The lowest BCUT2D eigenvalue weighted by Crippen LogP contribution is -2.54. The molecule has 21 heavy (non-hydrogen) atoms. The van der Waals surface area contributed by atoms with E-state index in [-0.39, 0.29) is 11.7 Å². The maximum absolute atomic E-state index is 12.2. The summed E-state index contributed by atoms with van der Waals surface area (Å²) in [6.07, 6.45) is 1.93. The van der Waals surface area contributed by atoms with Crippen LogP contribution in [0, 0.1) is 0 Å². The normalized spacial score (nSPS) is 18.7. The van der Waals surface area contributed by atoms with Crippen molar-refractivity contribution in [2.75, 3.05) is 45.6 Å². The van der Waals surface area contributed by atoms with Crippen LogP contribution in [0.1, 0.15) is 26.2 Å². The highest BCUT2D eigenvalue weighted by molar-refractivity contribution is 7.89. The highest BCUT2D eigenvalue weighted by Crippen LogP contribution is 2.11. The van der Waals surface area contributed by atoms with Crippen molar-refractivity contribution in [3.05, 3.63) is 0 Å². The van der Waals surface area contributed by atoms with Crippen LogP contribution in [0.3, 0.4) is 0 Å². The minimum Gasteiger partial charge on any atom is -0.385 e. The summed E-state index contributed by atoms with van der Waals surface area (Å²) < 4.78 is 30.3. The van der Waals surface area contributed by atoms with Gasteiger partial charge in [-0.2, -0.15) is 4.31 Å². The van der Waals surface area contributed by atoms with Crippen molar-refractivity contribution in [2.24, 2.45) is 5.73 Å². The monoisotopic (exact) mass is 321 g/mol. The lowest BCUT2D eigenvalue weighted by molar-refractivity contribution is -0.134. The van der Waals surface area contributed by atoms with Crippen molar-refractivity contribution in [3.63, 3.8) is 0 Å². The first-order chi connectivity index (χ1) is 9.92. The number of sulfonamides is 1. The van der Waals surface area contributed by atoms with Gasteiger partial charge in [0.1, 0.15) is 0 Å². The number of rotatable bonds is 8. The lowest BCUT2D eigenvalue weighted by atomic mass is 10.1. The Kier molecular flexibility index (Phi) is 7.58. The van der Waals surface area contributed by atoms with Crippen molar-refractivity contribution >= 4 is 15.9 Å². The standard InChI is InChI=1S/C13H27N3O4S/c1-3-11-21(18,19)16-8-6-15(7-9-16)13(17)12(14)5-4-10-20-2/h12H,3-11,14H2,1-2H3. The molecule has 1 unspecified atom stereocenters. The number of nitrogens with two attached hydrogens (primary N) is 1. The third kappa shape index (κ3) is 5.54. The molecule has 0 aromatic heterocycles. The van der Waals surface area contributed by atoms with E-state index in [4.69, 9.17) is 10.5 Å². The third-order valence-electron chi connectivity index (χ3n) is 3.59. The van der Waals surface area contributed by atoms with E-state index < -0.39 is 16.1 Å². The van der Waals surface area contributed by atoms with Gasteiger partial charge in [0, 0.05) is 39.9 Å². The number of methoxy groups -OCH3 is 1. The van der Waals surface area contributed by atoms with Gasteiger partial charge < -0.3 is 15.4 Å². The summed E-state index contributed by atoms with van der Waals surface area (Å²) in [6.45, 7) is 3.98. The van der Waals surface area contributed by atoms with E-state index in [1.807, 2.05) is 6.92 Å². The molecule has 0 bridgehead atoms. The molecular weight excluding hydrogens is 294 g/mol. The predicted molar refractivity (Wildman–Crippen MR) is 81.3 cm³/mol. The van der Waals surface area contributed by atoms with Gasteiger partial charge in [0.25, 0.3) is 0 Å². The molecule has 0 aromatic carbocycles. The van der Waals surface area contributed by atoms with Crippen LogP contribution >= 0.6 is 0 Å². The van der Waals surface area contributed by atoms with E-state index in [1.165, 1.54) is 4.31 Å². The molecule has 0 aliphatic carbocycles. The van der Waals surface area contributed by atoms with E-state index in [0.717, 1.165) is 6.42 Å². The molecule has 0 spiro atoms. The Morgan fingerprint density at radius 3 is 2.43 bits per heavy atom. The highest BCUT2D eigenvalue weighted by Gasteiger charge is 2.29. The van der Waals surface area contributed by atoms with Gasteiger partial charge in [0.15, 0.2) is 0 Å². The fourth-order valence-corrected chi connectivity index (χ4v) is 3.87. The topological polar surface area (TPSA) is 92.9 Å². The number of piperazine rings is 1. The van der Waals surface area contributed by atoms with Crippen molar-refractivity contribution in [3.8, 4) is 0 Å². The predicted octanol–water partition coefficient (Wildman–Crippen LogP) is -0.376. The summed E-state index contributed by atoms with van der Waals surface area (Å²) in [5.41, 5.74) is 5.88. The van der Waals surface area contributed by atoms with Crippen LogP contribution in [0.2, 0.25) is 0 Å². The van der Waals surface area contributed by atoms with Gasteiger partial charge in [-0.1, -0.05) is 6.92 Å². The van der Waals surface area contributed by atoms with Gasteiger partial charge >= 0.3 is 0 Å². The summed E-state index contributed by atoms with van der Waals surface area (Å²) in [5.74, 6) is 0.0657. The first-order valence-corrected chi connectivity index (χ1v) is 9.04. The van der Waals surface area contributed by atoms with Gasteiger partial charge in [-0.25, -0.2) is 8.42 Å². The van der Waals surface area contributed by atoms with Crippen molar-refractivity contribution < 1.29 is 17.9 Å². The second kappa shape index (κ2) is 8.67. The van der Waals surface area contributed by atoms with E-state index >= 15 is 0 Å². The Morgan fingerprint density at radius 1 is 1.29 bits per heavy atom. The molecule has 1 saturated heterocycles. The van der Waals surface area contributed by atoms with E-state index in [2.05, 4.69) is 0 Å². The minimum absolute atomic E-state index is 0.0985. The fraction of sp³-hybridized carbons (Fsp3) is 0.923. The van der Waals surface area contributed by atoms with Crippen LogP contribution in [0.4, 0.5) is 0 Å². The van der Waals surface area contributed by atoms with Crippen LogP contribution < -0.4 is 5.73 Å². The Morgan fingerprint density at radius 2 is 1.90 bits per heavy atom. The number of carbonyl (C=O) groups excluding carboxylic acids is 1. The molecule has 1 rings (SSSR count). The molecule has 1 aliphatic rings. The zero-order valence-electron chi connectivity index (χ0n) is 13.0. The number of hydrogen-bond donors (Lipinski definition) is 1. The molecule has 0 radical (unpaired) electrons. The molecule has 2 N–H and O–H groups in total. The maximum Gasteiger partial charge on any atom is 0.239 e. The number of ether oxygens (including phenoxy) is 1. The fourth-order valence-electron chi connectivity index (χ4n) is 2.38. The van der Waals surface area contributed by atoms with Gasteiger partial charge in [-0.3, -0.25) is 4.79 Å². The quantitative estimate of drug-likeness (QED) is 0.615. The molecule has 1 fully saturated rings. The molecule has 1 aliphatic heterocycles. The summed E-state index contributed by atoms with van der Waals surface area (Å²) in [7, 11) is -1.56. The van der Waals surface area contributed by atoms with Gasteiger partial charge in [-0.05, 0) is 19.3 Å². The van der Waals surface area contributed by atoms with Gasteiger partial charge in [-0.15, -0.1) is 0 Å². The van der Waals surface area contributed by atoms with Crippen LogP contribution in [0.15, 0.2) is 0 Å². The summed E-state index contributed by atoms with van der Waals surface area (Å²) in [5, 5.41) is 0. The third-order valence-corrected chi connectivity index (χ3v) is 5.66. The second-order valence-corrected chi connectivity index (χ2v) is 7.37. The largest absolute Gasteiger partial charge is 0.385 e. The molecule has 1 atom stereocenters. The number of nitrogens with zero attached hydrogens (tertiary/aromatic N) is 2. The Labute approximate surface area is 127 Å². The van der Waals surface area contributed by atoms with Crippen LogP contribution in [-0.4, -0.2) is 75.2 Å². The van der Waals surface area contributed by atoms with Crippen molar-refractivity contribution in [1.29, 1.82) is 0 Å². The maximum atomic E-state index is 12.2. The molecular formula is C13H27N3O4S. The van der Waals surface area contributed by atoms with E-state index in [0.29, 0.717) is 45.6 Å². The Bertz CT molecular complexity index is 419. The van der Waals surface area contributed by atoms with Crippen molar-refractivity contribution in [1.82, 2.24) is 9.21 Å². The highest BCUT2D eigenvalue weighted by atomic mass is 32.2. The summed E-state index contributed by atoms with van der Waals surface area (Å²) in [6, 6.07) is -0.529. The van der Waals surface area contributed by atoms with Crippen LogP contribution in [-0.2, 0) is 19.6 Å². The summed E-state index contributed by atoms with van der Waals surface area (Å²) >= 11 is 0. The number of carbonyl (C=O) groups is 1. The molecule has 7 nitrogen and oxygen atoms in total. The minimum atomic E-state index is -3.17. The first kappa shape index (κ1) is 18.3. The Hall–Kier alpha value is -0.700. The van der Waals surface area contributed by atoms with Crippen molar-refractivity contribution in [2.45, 2.75) is 32.2 Å². The van der Waals surface area contributed by atoms with Gasteiger partial charge in [0.05, 0.1) is 11.8 Å². The van der Waals surface area contributed by atoms with E-state index in [1.54, 1.807) is 12.0 Å². The molecule has 1 heterocycles. The molecule has 0 aromatic rings. The summed E-state index contributed by atoms with van der Waals surface area (Å²) in [4.78, 5) is 13.8. The first-order valence-electron chi connectivity index (χ1n) is 7.43. The Balaban J connectivity index is 2.43. The number of hydrogen-bond acceptors (Lipinski definition) is 5. The second-order valence-electron chi connectivity index (χ2n) is 5.28. The zero-order valence-corrected chi connectivity index (χ0v) is 13.8. The molecule has 8 heteroatoms. The molecule has 0 saturated carbocycles. The average molecular weight is 321 g/mol. The number of amides is 1. The molecule has 124 valence electrons.